The summed E-state index contributed by atoms with van der Waals surface area (Å²) in [5.41, 5.74) is 0. The first-order valence-corrected chi connectivity index (χ1v) is 8.23. The van der Waals surface area contributed by atoms with Gasteiger partial charge in [0.15, 0.2) is 0 Å². The van der Waals surface area contributed by atoms with Gasteiger partial charge in [-0.05, 0) is 10.8 Å². The van der Waals surface area contributed by atoms with Gasteiger partial charge in [-0.25, -0.2) is 0 Å². The molecule has 0 aromatic heterocycles. The van der Waals surface area contributed by atoms with Crippen LogP contribution in [0.3, 0.4) is 0 Å². The second-order valence-electron chi connectivity index (χ2n) is 4.92. The van der Waals surface area contributed by atoms with E-state index in [4.69, 9.17) is 0 Å². The molecule has 0 nitrogen and oxygen atoms in total. The molecule has 0 heteroatoms. The lowest BCUT2D eigenvalue weighted by Gasteiger charge is -1.92. The Labute approximate surface area is 136 Å². The molecule has 0 amide bonds. The summed E-state index contributed by atoms with van der Waals surface area (Å²) in [6.45, 7) is 8.50. The molecule has 0 aliphatic carbocycles. The van der Waals surface area contributed by atoms with E-state index in [0.29, 0.717) is 0 Å². The largest absolute Gasteiger partial charge is 0.0656 e. The Morgan fingerprint density at radius 1 is 0.409 bits per heavy atom. The third kappa shape index (κ3) is 10.7. The number of rotatable bonds is 0. The summed E-state index contributed by atoms with van der Waals surface area (Å²) < 4.78 is 0. The van der Waals surface area contributed by atoms with Gasteiger partial charge >= 0.3 is 0 Å². The van der Waals surface area contributed by atoms with E-state index >= 15 is 0 Å². The van der Waals surface area contributed by atoms with Crippen LogP contribution in [-0.2, 0) is 0 Å². The molecule has 3 rings (SSSR count). The third-order valence-corrected chi connectivity index (χ3v) is 2.33. The Bertz CT molecular complexity index is 461. The van der Waals surface area contributed by atoms with Crippen molar-refractivity contribution >= 4 is 10.8 Å². The molecular formula is C22H30. The van der Waals surface area contributed by atoms with E-state index in [0.717, 1.165) is 0 Å². The van der Waals surface area contributed by atoms with Crippen LogP contribution in [0.2, 0.25) is 0 Å². The fourth-order valence-electron chi connectivity index (χ4n) is 1.52. The third-order valence-electron chi connectivity index (χ3n) is 2.33. The molecule has 0 saturated heterocycles. The van der Waals surface area contributed by atoms with Crippen molar-refractivity contribution < 1.29 is 0 Å². The maximum atomic E-state index is 2.12. The normalized spacial score (nSPS) is 8.36. The molecule has 0 N–H and O–H groups in total. The number of fused-ring (bicyclic) bond motifs is 1. The highest BCUT2D eigenvalue weighted by Gasteiger charge is 1.85. The van der Waals surface area contributed by atoms with Crippen molar-refractivity contribution in [3.8, 4) is 0 Å². The number of benzene rings is 3. The Kier molecular flexibility index (Phi) is 13.9. The molecule has 0 spiro atoms. The Morgan fingerprint density at radius 3 is 0.773 bits per heavy atom. The van der Waals surface area contributed by atoms with Crippen molar-refractivity contribution in [3.63, 3.8) is 0 Å². The molecule has 0 saturated carbocycles. The molecule has 0 radical (unpaired) electrons. The Hall–Kier alpha value is -2.08. The standard InChI is InChI=1S/C10H8.C6H6.2C3H8/c1-2-6-10-8-4-3-7-9(10)5-1;1-2-4-6-5-3-1;2*1-3-2/h1-8H;1-6H;2*3H2,1-2H3. The highest BCUT2D eigenvalue weighted by molar-refractivity contribution is 5.81. The van der Waals surface area contributed by atoms with Gasteiger partial charge in [-0.15, -0.1) is 0 Å². The number of hydrogen-bond acceptors (Lipinski definition) is 0. The second kappa shape index (κ2) is 15.3. The quantitative estimate of drug-likeness (QED) is 0.406. The summed E-state index contributed by atoms with van der Waals surface area (Å²) in [4.78, 5) is 0. The van der Waals surface area contributed by atoms with Crippen LogP contribution in [0, 0.1) is 0 Å². The van der Waals surface area contributed by atoms with Crippen LogP contribution in [-0.4, -0.2) is 0 Å². The molecule has 118 valence electrons. The summed E-state index contributed by atoms with van der Waals surface area (Å²) in [7, 11) is 0. The molecule has 22 heavy (non-hydrogen) atoms. The maximum Gasteiger partial charge on any atom is -0.0184 e. The lowest BCUT2D eigenvalue weighted by Crippen LogP contribution is -1.67. The average Bonchev–Trinajstić information content (AvgIpc) is 2.59. The molecule has 0 unspecified atom stereocenters. The van der Waals surface area contributed by atoms with Crippen LogP contribution < -0.4 is 0 Å². The molecule has 0 heterocycles. The Balaban J connectivity index is 0.000000315. The summed E-state index contributed by atoms with van der Waals surface area (Å²) in [5, 5.41) is 2.62. The smallest absolute Gasteiger partial charge is 0.0184 e. The first kappa shape index (κ1) is 19.9. The first-order chi connectivity index (χ1) is 10.8. The minimum absolute atomic E-state index is 1.25. The fourth-order valence-corrected chi connectivity index (χ4v) is 1.52. The van der Waals surface area contributed by atoms with E-state index in [-0.39, 0.29) is 0 Å². The zero-order chi connectivity index (χ0) is 16.5. The van der Waals surface area contributed by atoms with Crippen molar-refractivity contribution in [1.29, 1.82) is 0 Å². The van der Waals surface area contributed by atoms with Crippen molar-refractivity contribution in [2.45, 2.75) is 40.5 Å². The van der Waals surface area contributed by atoms with E-state index in [1.54, 1.807) is 0 Å². The van der Waals surface area contributed by atoms with Gasteiger partial charge in [0, 0.05) is 0 Å². The number of hydrogen-bond donors (Lipinski definition) is 0. The van der Waals surface area contributed by atoms with Crippen molar-refractivity contribution in [2.75, 3.05) is 0 Å². The molecule has 0 fully saturated rings. The van der Waals surface area contributed by atoms with Gasteiger partial charge in [-0.3, -0.25) is 0 Å². The van der Waals surface area contributed by atoms with Crippen molar-refractivity contribution in [3.05, 3.63) is 84.9 Å². The van der Waals surface area contributed by atoms with Crippen LogP contribution >= 0.6 is 0 Å². The Morgan fingerprint density at radius 2 is 0.591 bits per heavy atom. The molecule has 0 bridgehead atoms. The highest BCUT2D eigenvalue weighted by atomic mass is 13.9. The molecule has 3 aromatic rings. The first-order valence-electron chi connectivity index (χ1n) is 8.23. The zero-order valence-corrected chi connectivity index (χ0v) is 14.5. The highest BCUT2D eigenvalue weighted by Crippen LogP contribution is 2.11. The van der Waals surface area contributed by atoms with Crippen LogP contribution in [0.15, 0.2) is 84.9 Å². The summed E-state index contributed by atoms with van der Waals surface area (Å²) in [6.07, 6.45) is 2.50. The summed E-state index contributed by atoms with van der Waals surface area (Å²) in [6, 6.07) is 28.7. The van der Waals surface area contributed by atoms with Gasteiger partial charge in [0.2, 0.25) is 0 Å². The molecule has 0 aliphatic rings. The van der Waals surface area contributed by atoms with Gasteiger partial charge in [0.1, 0.15) is 0 Å². The molecule has 0 atom stereocenters. The van der Waals surface area contributed by atoms with Crippen LogP contribution in [0.4, 0.5) is 0 Å². The van der Waals surface area contributed by atoms with Gasteiger partial charge in [0.05, 0.1) is 0 Å². The lowest BCUT2D eigenvalue weighted by atomic mass is 10.1. The van der Waals surface area contributed by atoms with E-state index in [1.807, 2.05) is 36.4 Å². The minimum Gasteiger partial charge on any atom is -0.0656 e. The van der Waals surface area contributed by atoms with Gasteiger partial charge in [-0.1, -0.05) is 125 Å². The topological polar surface area (TPSA) is 0 Å². The summed E-state index contributed by atoms with van der Waals surface area (Å²) >= 11 is 0. The van der Waals surface area contributed by atoms with Gasteiger partial charge in [0.25, 0.3) is 0 Å². The van der Waals surface area contributed by atoms with Gasteiger partial charge in [-0.2, -0.15) is 0 Å². The SMILES string of the molecule is CCC.CCC.c1ccc2ccccc2c1.c1ccccc1. The average molecular weight is 294 g/mol. The van der Waals surface area contributed by atoms with Crippen LogP contribution in [0.1, 0.15) is 40.5 Å². The van der Waals surface area contributed by atoms with E-state index in [1.165, 1.54) is 23.6 Å². The van der Waals surface area contributed by atoms with E-state index < -0.39 is 0 Å². The monoisotopic (exact) mass is 294 g/mol. The zero-order valence-electron chi connectivity index (χ0n) is 14.5. The maximum absolute atomic E-state index is 2.12. The minimum atomic E-state index is 1.25. The lowest BCUT2D eigenvalue weighted by molar-refractivity contribution is 1.09. The van der Waals surface area contributed by atoms with E-state index in [9.17, 15) is 0 Å². The van der Waals surface area contributed by atoms with Crippen LogP contribution in [0.25, 0.3) is 10.8 Å². The fraction of sp³-hybridized carbons (Fsp3) is 0.273. The predicted molar refractivity (Wildman–Crippen MR) is 102 cm³/mol. The van der Waals surface area contributed by atoms with Gasteiger partial charge < -0.3 is 0 Å². The summed E-state index contributed by atoms with van der Waals surface area (Å²) in [5.74, 6) is 0. The van der Waals surface area contributed by atoms with Crippen LogP contribution in [0.5, 0.6) is 0 Å². The van der Waals surface area contributed by atoms with Crippen molar-refractivity contribution in [1.82, 2.24) is 0 Å². The predicted octanol–water partition coefficient (Wildman–Crippen LogP) is 7.36. The second-order valence-corrected chi connectivity index (χ2v) is 4.92. The molecular weight excluding hydrogens is 264 g/mol. The van der Waals surface area contributed by atoms with E-state index in [2.05, 4.69) is 76.2 Å². The molecule has 0 aliphatic heterocycles. The molecule has 3 aromatic carbocycles. The van der Waals surface area contributed by atoms with Crippen molar-refractivity contribution in [2.24, 2.45) is 0 Å².